The molecule has 2 N–H and O–H groups in total. The summed E-state index contributed by atoms with van der Waals surface area (Å²) in [6, 6.07) is 14.1. The molecular weight excluding hydrogens is 372 g/mol. The first kappa shape index (κ1) is 16.4. The Balaban J connectivity index is 2.31. The van der Waals surface area contributed by atoms with E-state index in [0.717, 1.165) is 5.56 Å². The fourth-order valence-corrected chi connectivity index (χ4v) is 3.23. The van der Waals surface area contributed by atoms with Crippen molar-refractivity contribution in [1.29, 1.82) is 0 Å². The van der Waals surface area contributed by atoms with E-state index >= 15 is 0 Å². The van der Waals surface area contributed by atoms with E-state index < -0.39 is 37.5 Å². The molecule has 7 heteroatoms. The van der Waals surface area contributed by atoms with Crippen LogP contribution in [0.15, 0.2) is 48.5 Å². The van der Waals surface area contributed by atoms with E-state index in [9.17, 15) is 14.4 Å². The lowest BCUT2D eigenvalue weighted by Gasteiger charge is -2.11. The molecule has 7 nitrogen and oxygen atoms in total. The number of amides is 1. The minimum absolute atomic E-state index is 0.135. The summed E-state index contributed by atoms with van der Waals surface area (Å²) < 4.78 is 35.2. The van der Waals surface area contributed by atoms with Crippen LogP contribution in [0.4, 0.5) is 0 Å². The number of primary amides is 1. The highest BCUT2D eigenvalue weighted by Crippen LogP contribution is 2.35. The highest BCUT2D eigenvalue weighted by Gasteiger charge is 2.27. The molecule has 0 aliphatic heterocycles. The first-order chi connectivity index (χ1) is 15.1. The van der Waals surface area contributed by atoms with Gasteiger partial charge in [-0.2, -0.15) is 0 Å². The second-order valence-electron chi connectivity index (χ2n) is 6.28. The van der Waals surface area contributed by atoms with E-state index in [-0.39, 0.29) is 28.9 Å². The van der Waals surface area contributed by atoms with Gasteiger partial charge < -0.3 is 19.8 Å². The molecule has 2 aromatic carbocycles. The van der Waals surface area contributed by atoms with Crippen molar-refractivity contribution in [1.82, 2.24) is 4.57 Å². The lowest BCUT2D eigenvalue weighted by molar-refractivity contribution is -0.142. The minimum Gasteiger partial charge on any atom is -0.481 e. The zero-order valence-corrected chi connectivity index (χ0v) is 15.8. The predicted octanol–water partition coefficient (Wildman–Crippen LogP) is 2.47. The molecule has 1 amide bonds. The highest BCUT2D eigenvalue weighted by molar-refractivity contribution is 6.45. The molecule has 0 aliphatic carbocycles. The molecule has 0 fully saturated rings. The van der Waals surface area contributed by atoms with Gasteiger partial charge in [0.15, 0.2) is 6.61 Å². The molecule has 3 rings (SSSR count). The van der Waals surface area contributed by atoms with Crippen LogP contribution in [0.1, 0.15) is 32.6 Å². The van der Waals surface area contributed by atoms with Gasteiger partial charge in [-0.25, -0.2) is 4.79 Å². The number of ether oxygens (including phenoxy) is 2. The zero-order valence-electron chi connectivity index (χ0n) is 18.8. The van der Waals surface area contributed by atoms with Gasteiger partial charge in [0.1, 0.15) is 5.75 Å². The topological polar surface area (TPSA) is 101 Å². The van der Waals surface area contributed by atoms with Gasteiger partial charge in [0, 0.05) is 16.4 Å². The Bertz CT molecular complexity index is 1170. The Labute approximate surface area is 172 Å². The smallest absolute Gasteiger partial charge is 0.343 e. The van der Waals surface area contributed by atoms with Gasteiger partial charge in [0.2, 0.25) is 0 Å². The summed E-state index contributed by atoms with van der Waals surface area (Å²) in [6.07, 6.45) is -0.473. The molecule has 0 aliphatic rings. The van der Waals surface area contributed by atoms with E-state index in [1.165, 1.54) is 13.2 Å². The zero-order chi connectivity index (χ0) is 23.5. The maximum atomic E-state index is 12.9. The standard InChI is InChI=1S/C22H22N2O5/c1-3-15-20(21(26)22(23)27)19-16(24(15)12-14-8-5-4-6-9-14)10-7-11-17(19)29-13-18(25)28-2/h4-11H,3,12-13H2,1-2H3,(H2,23,27)/i1D3. The van der Waals surface area contributed by atoms with E-state index in [1.807, 2.05) is 30.3 Å². The lowest BCUT2D eigenvalue weighted by Crippen LogP contribution is -2.24. The van der Waals surface area contributed by atoms with Crippen molar-refractivity contribution < 1.29 is 28.0 Å². The fraction of sp³-hybridized carbons (Fsp3) is 0.227. The third-order valence-electron chi connectivity index (χ3n) is 4.53. The number of benzene rings is 2. The molecule has 0 saturated heterocycles. The summed E-state index contributed by atoms with van der Waals surface area (Å²) in [6.45, 7) is -2.62. The Morgan fingerprint density at radius 3 is 2.52 bits per heavy atom. The van der Waals surface area contributed by atoms with Crippen molar-refractivity contribution in [2.45, 2.75) is 19.8 Å². The van der Waals surface area contributed by atoms with Crippen LogP contribution < -0.4 is 10.5 Å². The monoisotopic (exact) mass is 397 g/mol. The molecule has 3 aromatic rings. The van der Waals surface area contributed by atoms with E-state index in [4.69, 9.17) is 14.6 Å². The number of methoxy groups -OCH3 is 1. The van der Waals surface area contributed by atoms with Gasteiger partial charge in [-0.05, 0) is 24.1 Å². The number of esters is 1. The number of Topliss-reactive ketones (excluding diaryl/α,β-unsaturated/α-hetero) is 1. The normalized spacial score (nSPS) is 12.7. The molecule has 150 valence electrons. The number of fused-ring (bicyclic) bond motifs is 1. The molecule has 1 aromatic heterocycles. The van der Waals surface area contributed by atoms with Crippen molar-refractivity contribution in [3.63, 3.8) is 0 Å². The van der Waals surface area contributed by atoms with E-state index in [2.05, 4.69) is 4.74 Å². The number of carbonyl (C=O) groups excluding carboxylic acids is 3. The number of nitrogens with zero attached hydrogens (tertiary/aromatic N) is 1. The third kappa shape index (κ3) is 3.99. The van der Waals surface area contributed by atoms with Gasteiger partial charge in [-0.3, -0.25) is 9.59 Å². The van der Waals surface area contributed by atoms with Crippen LogP contribution >= 0.6 is 0 Å². The molecule has 0 atom stereocenters. The number of aromatic nitrogens is 1. The Morgan fingerprint density at radius 1 is 1.10 bits per heavy atom. The van der Waals surface area contributed by atoms with E-state index in [1.54, 1.807) is 16.7 Å². The Hall–Kier alpha value is -3.61. The summed E-state index contributed by atoms with van der Waals surface area (Å²) in [4.78, 5) is 36.3. The molecular formula is C22H22N2O5. The fourth-order valence-electron chi connectivity index (χ4n) is 3.23. The van der Waals surface area contributed by atoms with Gasteiger partial charge >= 0.3 is 5.97 Å². The Morgan fingerprint density at radius 2 is 1.86 bits per heavy atom. The van der Waals surface area contributed by atoms with Gasteiger partial charge in [-0.15, -0.1) is 0 Å². The van der Waals surface area contributed by atoms with Crippen molar-refractivity contribution >= 4 is 28.6 Å². The number of hydrogen-bond acceptors (Lipinski definition) is 5. The number of nitrogens with two attached hydrogens (primary N) is 1. The van der Waals surface area contributed by atoms with Crippen LogP contribution in [-0.4, -0.2) is 35.9 Å². The van der Waals surface area contributed by atoms with E-state index in [0.29, 0.717) is 5.52 Å². The second kappa shape index (κ2) is 8.60. The maximum Gasteiger partial charge on any atom is 0.343 e. The average molecular weight is 397 g/mol. The van der Waals surface area contributed by atoms with Crippen LogP contribution in [0.3, 0.4) is 0 Å². The van der Waals surface area contributed by atoms with Crippen molar-refractivity contribution in [3.05, 3.63) is 65.4 Å². The van der Waals surface area contributed by atoms with Crippen LogP contribution in [0.5, 0.6) is 5.75 Å². The van der Waals surface area contributed by atoms with Crippen LogP contribution in [0, 0.1) is 0 Å². The van der Waals surface area contributed by atoms with Crippen molar-refractivity contribution in [3.8, 4) is 5.75 Å². The SMILES string of the molecule is [2H]C([2H])([2H])Cc1c(C(=O)C(N)=O)c2c(OCC(=O)OC)cccc2n1Cc1ccccc1. The molecule has 1 heterocycles. The summed E-state index contributed by atoms with van der Waals surface area (Å²) in [5, 5.41) is 0.218. The largest absolute Gasteiger partial charge is 0.481 e. The van der Waals surface area contributed by atoms with Crippen molar-refractivity contribution in [2.24, 2.45) is 5.73 Å². The van der Waals surface area contributed by atoms with Gasteiger partial charge in [0.05, 0.1) is 23.6 Å². The molecule has 0 spiro atoms. The summed E-state index contributed by atoms with van der Waals surface area (Å²) in [5.74, 6) is -2.76. The van der Waals surface area contributed by atoms with Crippen LogP contribution in [0.2, 0.25) is 0 Å². The average Bonchev–Trinajstić information content (AvgIpc) is 3.04. The molecule has 0 unspecified atom stereocenters. The van der Waals surface area contributed by atoms with Crippen LogP contribution in [-0.2, 0) is 27.3 Å². The van der Waals surface area contributed by atoms with Gasteiger partial charge in [-0.1, -0.05) is 43.3 Å². The quantitative estimate of drug-likeness (QED) is 0.357. The first-order valence-electron chi connectivity index (χ1n) is 10.3. The Kier molecular flexibility index (Phi) is 4.85. The first-order valence-corrected chi connectivity index (χ1v) is 8.84. The number of rotatable bonds is 8. The van der Waals surface area contributed by atoms with Crippen LogP contribution in [0.25, 0.3) is 10.9 Å². The summed E-state index contributed by atoms with van der Waals surface area (Å²) in [5.41, 5.74) is 6.62. The lowest BCUT2D eigenvalue weighted by atomic mass is 10.0. The second-order valence-corrected chi connectivity index (χ2v) is 6.28. The predicted molar refractivity (Wildman–Crippen MR) is 108 cm³/mol. The molecule has 0 saturated carbocycles. The van der Waals surface area contributed by atoms with Gasteiger partial charge in [0.25, 0.3) is 11.7 Å². The molecule has 0 bridgehead atoms. The van der Waals surface area contributed by atoms with Crippen molar-refractivity contribution in [2.75, 3.05) is 13.7 Å². The summed E-state index contributed by atoms with van der Waals surface area (Å²) >= 11 is 0. The third-order valence-corrected chi connectivity index (χ3v) is 4.53. The number of carbonyl (C=O) groups is 3. The molecule has 0 radical (unpaired) electrons. The number of ketones is 1. The summed E-state index contributed by atoms with van der Waals surface area (Å²) in [7, 11) is 1.21. The minimum atomic E-state index is -2.43. The molecule has 29 heavy (non-hydrogen) atoms. The number of hydrogen-bond donors (Lipinski definition) is 1. The highest BCUT2D eigenvalue weighted by atomic mass is 16.6. The maximum absolute atomic E-state index is 12.9.